The highest BCUT2D eigenvalue weighted by molar-refractivity contribution is 7.12. The number of ether oxygens (including phenoxy) is 2. The largest absolute Gasteiger partial charge is 0.493 e. The lowest BCUT2D eigenvalue weighted by Crippen LogP contribution is -2.33. The standard InChI is InChI=1S/C18H21NO3S/c1-12-6-9-23-17(12)18(20)19-7-4-13-10-15(21-2)16(22-3)11-14(13)5-8-19/h6,9-11H,4-5,7-8H2,1-3H3. The number of hydrogen-bond donors (Lipinski definition) is 0. The summed E-state index contributed by atoms with van der Waals surface area (Å²) in [7, 11) is 3.30. The van der Waals surface area contributed by atoms with E-state index in [9.17, 15) is 4.79 Å². The van der Waals surface area contributed by atoms with Gasteiger partial charge in [-0.25, -0.2) is 0 Å². The monoisotopic (exact) mass is 331 g/mol. The predicted molar refractivity (Wildman–Crippen MR) is 91.9 cm³/mol. The van der Waals surface area contributed by atoms with E-state index >= 15 is 0 Å². The minimum atomic E-state index is 0.143. The van der Waals surface area contributed by atoms with Gasteiger partial charge in [0.05, 0.1) is 19.1 Å². The number of methoxy groups -OCH3 is 2. The summed E-state index contributed by atoms with van der Waals surface area (Å²) in [6.45, 7) is 3.46. The average Bonchev–Trinajstić information content (AvgIpc) is 2.89. The molecule has 1 aromatic carbocycles. The Bertz CT molecular complexity index is 688. The zero-order valence-corrected chi connectivity index (χ0v) is 14.5. The predicted octanol–water partition coefficient (Wildman–Crippen LogP) is 3.31. The van der Waals surface area contributed by atoms with E-state index in [2.05, 4.69) is 0 Å². The SMILES string of the molecule is COc1cc2c(cc1OC)CCN(C(=O)c1sccc1C)CC2. The molecule has 2 aromatic rings. The Morgan fingerprint density at radius 2 is 1.65 bits per heavy atom. The summed E-state index contributed by atoms with van der Waals surface area (Å²) >= 11 is 1.52. The topological polar surface area (TPSA) is 38.8 Å². The van der Waals surface area contributed by atoms with Crippen LogP contribution in [0.1, 0.15) is 26.4 Å². The molecule has 1 aliphatic heterocycles. The van der Waals surface area contributed by atoms with Crippen molar-refractivity contribution in [1.82, 2.24) is 4.90 Å². The van der Waals surface area contributed by atoms with Crippen LogP contribution < -0.4 is 9.47 Å². The molecule has 0 bridgehead atoms. The molecular formula is C18H21NO3S. The van der Waals surface area contributed by atoms with Crippen molar-refractivity contribution in [2.45, 2.75) is 19.8 Å². The van der Waals surface area contributed by atoms with E-state index in [1.807, 2.05) is 35.4 Å². The summed E-state index contributed by atoms with van der Waals surface area (Å²) in [6, 6.07) is 6.08. The molecule has 0 radical (unpaired) electrons. The molecule has 0 saturated carbocycles. The van der Waals surface area contributed by atoms with E-state index in [0.29, 0.717) is 0 Å². The second kappa shape index (κ2) is 6.62. The number of hydrogen-bond acceptors (Lipinski definition) is 4. The van der Waals surface area contributed by atoms with Crippen LogP contribution in [0.3, 0.4) is 0 Å². The van der Waals surface area contributed by atoms with Crippen LogP contribution in [-0.2, 0) is 12.8 Å². The van der Waals surface area contributed by atoms with Crippen LogP contribution >= 0.6 is 11.3 Å². The fourth-order valence-electron chi connectivity index (χ4n) is 2.99. The second-order valence-corrected chi connectivity index (χ2v) is 6.62. The highest BCUT2D eigenvalue weighted by Crippen LogP contribution is 2.32. The fourth-order valence-corrected chi connectivity index (χ4v) is 3.88. The van der Waals surface area contributed by atoms with Gasteiger partial charge in [0.25, 0.3) is 5.91 Å². The number of carbonyl (C=O) groups excluding carboxylic acids is 1. The van der Waals surface area contributed by atoms with Crippen molar-refractivity contribution in [3.05, 3.63) is 45.1 Å². The lowest BCUT2D eigenvalue weighted by molar-refractivity contribution is 0.0767. The van der Waals surface area contributed by atoms with Gasteiger partial charge in [-0.15, -0.1) is 11.3 Å². The van der Waals surface area contributed by atoms with Gasteiger partial charge in [-0.1, -0.05) is 0 Å². The summed E-state index contributed by atoms with van der Waals surface area (Å²) in [5, 5.41) is 1.98. The minimum absolute atomic E-state index is 0.143. The van der Waals surface area contributed by atoms with E-state index < -0.39 is 0 Å². The zero-order chi connectivity index (χ0) is 16.4. The number of amides is 1. The summed E-state index contributed by atoms with van der Waals surface area (Å²) in [4.78, 5) is 15.5. The minimum Gasteiger partial charge on any atom is -0.493 e. The van der Waals surface area contributed by atoms with Crippen LogP contribution in [0.15, 0.2) is 23.6 Å². The molecule has 0 fully saturated rings. The third-order valence-corrected chi connectivity index (χ3v) is 5.36. The first-order chi connectivity index (χ1) is 11.1. The zero-order valence-electron chi connectivity index (χ0n) is 13.7. The summed E-state index contributed by atoms with van der Waals surface area (Å²) < 4.78 is 10.8. The molecule has 122 valence electrons. The Morgan fingerprint density at radius 1 is 1.09 bits per heavy atom. The first-order valence-electron chi connectivity index (χ1n) is 7.71. The van der Waals surface area contributed by atoms with E-state index in [1.165, 1.54) is 22.5 Å². The second-order valence-electron chi connectivity index (χ2n) is 5.70. The van der Waals surface area contributed by atoms with E-state index in [4.69, 9.17) is 9.47 Å². The molecule has 0 atom stereocenters. The molecule has 23 heavy (non-hydrogen) atoms. The summed E-state index contributed by atoms with van der Waals surface area (Å²) in [6.07, 6.45) is 1.68. The summed E-state index contributed by atoms with van der Waals surface area (Å²) in [5.74, 6) is 1.64. The highest BCUT2D eigenvalue weighted by atomic mass is 32.1. The van der Waals surface area contributed by atoms with Crippen molar-refractivity contribution >= 4 is 17.2 Å². The van der Waals surface area contributed by atoms with Gasteiger partial charge in [-0.3, -0.25) is 4.79 Å². The molecule has 0 aliphatic carbocycles. The van der Waals surface area contributed by atoms with Gasteiger partial charge in [0, 0.05) is 13.1 Å². The third kappa shape index (κ3) is 3.06. The molecule has 0 spiro atoms. The fraction of sp³-hybridized carbons (Fsp3) is 0.389. The van der Waals surface area contributed by atoms with Gasteiger partial charge in [0.2, 0.25) is 0 Å². The van der Waals surface area contributed by atoms with Gasteiger partial charge in [-0.2, -0.15) is 0 Å². The molecule has 0 unspecified atom stereocenters. The van der Waals surface area contributed by atoms with Crippen molar-refractivity contribution in [1.29, 1.82) is 0 Å². The van der Waals surface area contributed by atoms with Crippen molar-refractivity contribution in [2.24, 2.45) is 0 Å². The summed E-state index contributed by atoms with van der Waals surface area (Å²) in [5.41, 5.74) is 3.53. The van der Waals surface area contributed by atoms with Crippen molar-refractivity contribution in [2.75, 3.05) is 27.3 Å². The number of nitrogens with zero attached hydrogens (tertiary/aromatic N) is 1. The van der Waals surface area contributed by atoms with E-state index in [-0.39, 0.29) is 5.91 Å². The number of thiophene rings is 1. The molecule has 4 nitrogen and oxygen atoms in total. The Hall–Kier alpha value is -2.01. The van der Waals surface area contributed by atoms with Crippen LogP contribution in [0.4, 0.5) is 0 Å². The normalized spacial score (nSPS) is 14.1. The van der Waals surface area contributed by atoms with E-state index in [1.54, 1.807) is 14.2 Å². The molecule has 0 saturated heterocycles. The van der Waals surface area contributed by atoms with Crippen molar-refractivity contribution < 1.29 is 14.3 Å². The molecule has 1 aliphatic rings. The number of fused-ring (bicyclic) bond motifs is 1. The number of aryl methyl sites for hydroxylation is 1. The van der Waals surface area contributed by atoms with Gasteiger partial charge in [0.1, 0.15) is 0 Å². The maximum atomic E-state index is 12.7. The maximum absolute atomic E-state index is 12.7. The van der Waals surface area contributed by atoms with Gasteiger partial charge < -0.3 is 14.4 Å². The molecule has 0 N–H and O–H groups in total. The highest BCUT2D eigenvalue weighted by Gasteiger charge is 2.23. The molecule has 2 heterocycles. The lowest BCUT2D eigenvalue weighted by Gasteiger charge is -2.19. The van der Waals surface area contributed by atoms with Crippen molar-refractivity contribution in [3.8, 4) is 11.5 Å². The molecular weight excluding hydrogens is 310 g/mol. The number of carbonyl (C=O) groups is 1. The van der Waals surface area contributed by atoms with Crippen LogP contribution in [-0.4, -0.2) is 38.1 Å². The number of benzene rings is 1. The Kier molecular flexibility index (Phi) is 4.57. The Labute approximate surface area is 140 Å². The lowest BCUT2D eigenvalue weighted by atomic mass is 10.0. The van der Waals surface area contributed by atoms with Crippen LogP contribution in [0.25, 0.3) is 0 Å². The molecule has 1 aromatic heterocycles. The maximum Gasteiger partial charge on any atom is 0.264 e. The molecule has 1 amide bonds. The van der Waals surface area contributed by atoms with E-state index in [0.717, 1.165) is 47.9 Å². The molecule has 3 rings (SSSR count). The number of rotatable bonds is 3. The van der Waals surface area contributed by atoms with Gasteiger partial charge in [-0.05, 0) is 60.0 Å². The molecule has 5 heteroatoms. The van der Waals surface area contributed by atoms with Crippen LogP contribution in [0, 0.1) is 6.92 Å². The smallest absolute Gasteiger partial charge is 0.264 e. The van der Waals surface area contributed by atoms with Gasteiger partial charge >= 0.3 is 0 Å². The van der Waals surface area contributed by atoms with Crippen molar-refractivity contribution in [3.63, 3.8) is 0 Å². The first kappa shape index (κ1) is 15.9. The Balaban J connectivity index is 1.82. The first-order valence-corrected chi connectivity index (χ1v) is 8.59. The third-order valence-electron chi connectivity index (χ3n) is 4.35. The average molecular weight is 331 g/mol. The van der Waals surface area contributed by atoms with Gasteiger partial charge in [0.15, 0.2) is 11.5 Å². The Morgan fingerprint density at radius 3 is 2.09 bits per heavy atom. The van der Waals surface area contributed by atoms with Crippen LogP contribution in [0.5, 0.6) is 11.5 Å². The quantitative estimate of drug-likeness (QED) is 0.866. The van der Waals surface area contributed by atoms with Crippen LogP contribution in [0.2, 0.25) is 0 Å².